The van der Waals surface area contributed by atoms with Crippen molar-refractivity contribution in [1.82, 2.24) is 0 Å². The van der Waals surface area contributed by atoms with Crippen LogP contribution >= 0.6 is 15.9 Å². The van der Waals surface area contributed by atoms with E-state index in [-0.39, 0.29) is 5.82 Å². The molecule has 1 aromatic rings. The Kier molecular flexibility index (Phi) is 3.93. The van der Waals surface area contributed by atoms with Gasteiger partial charge in [-0.2, -0.15) is 0 Å². The molecule has 78 valence electrons. The molecule has 3 heteroatoms. The third kappa shape index (κ3) is 2.98. The molecular weight excluding hydrogens is 245 g/mol. The van der Waals surface area contributed by atoms with E-state index in [0.717, 1.165) is 5.69 Å². The second-order valence-corrected chi connectivity index (χ2v) is 4.66. The lowest BCUT2D eigenvalue weighted by atomic mass is 10.1. The highest BCUT2D eigenvalue weighted by atomic mass is 79.9. The van der Waals surface area contributed by atoms with E-state index in [1.54, 1.807) is 6.07 Å². The molecular formula is C11H15BrFN. The number of anilines is 1. The molecule has 0 aliphatic rings. The lowest BCUT2D eigenvalue weighted by molar-refractivity contribution is 0.559. The summed E-state index contributed by atoms with van der Waals surface area (Å²) in [6, 6.07) is 5.43. The van der Waals surface area contributed by atoms with E-state index >= 15 is 0 Å². The lowest BCUT2D eigenvalue weighted by Gasteiger charge is -2.18. The highest BCUT2D eigenvalue weighted by Gasteiger charge is 2.07. The zero-order valence-electron chi connectivity index (χ0n) is 8.64. The smallest absolute Gasteiger partial charge is 0.139 e. The number of rotatable bonds is 3. The van der Waals surface area contributed by atoms with Crippen molar-refractivity contribution in [3.63, 3.8) is 0 Å². The zero-order valence-corrected chi connectivity index (χ0v) is 10.2. The van der Waals surface area contributed by atoms with Crippen molar-refractivity contribution in [3.05, 3.63) is 28.5 Å². The molecule has 0 spiro atoms. The van der Waals surface area contributed by atoms with Crippen molar-refractivity contribution in [2.75, 3.05) is 5.32 Å². The molecule has 0 aliphatic carbocycles. The van der Waals surface area contributed by atoms with Crippen LogP contribution in [0.3, 0.4) is 0 Å². The third-order valence-electron chi connectivity index (χ3n) is 2.31. The van der Waals surface area contributed by atoms with E-state index in [4.69, 9.17) is 0 Å². The van der Waals surface area contributed by atoms with Crippen LogP contribution in [-0.2, 0) is 0 Å². The van der Waals surface area contributed by atoms with Crippen molar-refractivity contribution in [2.45, 2.75) is 26.8 Å². The van der Waals surface area contributed by atoms with Crippen molar-refractivity contribution in [3.8, 4) is 0 Å². The molecule has 1 atom stereocenters. The van der Waals surface area contributed by atoms with E-state index < -0.39 is 0 Å². The number of nitrogens with one attached hydrogen (secondary N) is 1. The fourth-order valence-electron chi connectivity index (χ4n) is 1.02. The molecule has 0 fully saturated rings. The van der Waals surface area contributed by atoms with Gasteiger partial charge in [-0.3, -0.25) is 0 Å². The molecule has 0 saturated carbocycles. The number of halogens is 2. The van der Waals surface area contributed by atoms with Gasteiger partial charge >= 0.3 is 0 Å². The topological polar surface area (TPSA) is 12.0 Å². The predicted molar refractivity (Wildman–Crippen MR) is 62.0 cm³/mol. The van der Waals surface area contributed by atoms with Crippen LogP contribution in [0.5, 0.6) is 0 Å². The molecule has 0 bridgehead atoms. The summed E-state index contributed by atoms with van der Waals surface area (Å²) in [5.41, 5.74) is 0.826. The largest absolute Gasteiger partial charge is 0.382 e. The molecule has 0 aliphatic heterocycles. The fraction of sp³-hybridized carbons (Fsp3) is 0.455. The first-order chi connectivity index (χ1) is 6.50. The van der Waals surface area contributed by atoms with Crippen molar-refractivity contribution in [1.29, 1.82) is 0 Å². The Morgan fingerprint density at radius 2 is 1.93 bits per heavy atom. The van der Waals surface area contributed by atoms with Crippen LogP contribution in [0.1, 0.15) is 20.8 Å². The second-order valence-electron chi connectivity index (χ2n) is 3.81. The molecule has 14 heavy (non-hydrogen) atoms. The Labute approximate surface area is 92.8 Å². The van der Waals surface area contributed by atoms with Crippen molar-refractivity contribution in [2.24, 2.45) is 5.92 Å². The Hall–Kier alpha value is -0.570. The summed E-state index contributed by atoms with van der Waals surface area (Å²) >= 11 is 3.12. The first-order valence-electron chi connectivity index (χ1n) is 4.72. The van der Waals surface area contributed by atoms with Crippen LogP contribution in [0.15, 0.2) is 22.7 Å². The molecule has 1 aromatic carbocycles. The van der Waals surface area contributed by atoms with E-state index in [2.05, 4.69) is 42.0 Å². The number of hydrogen-bond acceptors (Lipinski definition) is 1. The zero-order chi connectivity index (χ0) is 10.7. The molecule has 1 nitrogen and oxygen atoms in total. The molecule has 0 saturated heterocycles. The maximum atomic E-state index is 13.1. The highest BCUT2D eigenvalue weighted by Crippen LogP contribution is 2.20. The first kappa shape index (κ1) is 11.5. The maximum Gasteiger partial charge on any atom is 0.139 e. The quantitative estimate of drug-likeness (QED) is 0.864. The van der Waals surface area contributed by atoms with Gasteiger partial charge in [0.15, 0.2) is 0 Å². The fourth-order valence-corrected chi connectivity index (χ4v) is 1.26. The summed E-state index contributed by atoms with van der Waals surface area (Å²) in [5.74, 6) is 0.299. The minimum absolute atomic E-state index is 0.231. The standard InChI is InChI=1S/C11H15BrFN/c1-7(2)8(3)14-9-4-5-10(12)11(13)6-9/h4-8,14H,1-3H3. The van der Waals surface area contributed by atoms with Crippen LogP contribution in [0.25, 0.3) is 0 Å². The molecule has 1 rings (SSSR count). The van der Waals surface area contributed by atoms with Crippen LogP contribution < -0.4 is 5.32 Å². The second kappa shape index (κ2) is 4.78. The van der Waals surface area contributed by atoms with Crippen LogP contribution in [0.2, 0.25) is 0 Å². The summed E-state index contributed by atoms with van der Waals surface area (Å²) in [6.45, 7) is 6.35. The highest BCUT2D eigenvalue weighted by molar-refractivity contribution is 9.10. The first-order valence-corrected chi connectivity index (χ1v) is 5.51. The third-order valence-corrected chi connectivity index (χ3v) is 2.96. The normalized spacial score (nSPS) is 13.0. The maximum absolute atomic E-state index is 13.1. The van der Waals surface area contributed by atoms with Gasteiger partial charge in [0, 0.05) is 11.7 Å². The van der Waals surface area contributed by atoms with Crippen molar-refractivity contribution < 1.29 is 4.39 Å². The summed E-state index contributed by atoms with van der Waals surface area (Å²) in [6.07, 6.45) is 0. The van der Waals surface area contributed by atoms with Crippen molar-refractivity contribution >= 4 is 21.6 Å². The van der Waals surface area contributed by atoms with Gasteiger partial charge in [-0.15, -0.1) is 0 Å². The minimum atomic E-state index is -0.231. The number of benzene rings is 1. The van der Waals surface area contributed by atoms with Gasteiger partial charge in [0.25, 0.3) is 0 Å². The van der Waals surface area contributed by atoms with Crippen LogP contribution in [0, 0.1) is 11.7 Å². The molecule has 1 unspecified atom stereocenters. The Bertz CT molecular complexity index is 312. The van der Waals surface area contributed by atoms with Gasteiger partial charge in [-0.1, -0.05) is 13.8 Å². The van der Waals surface area contributed by atoms with Gasteiger partial charge < -0.3 is 5.32 Å². The van der Waals surface area contributed by atoms with Gasteiger partial charge in [0.05, 0.1) is 4.47 Å². The van der Waals surface area contributed by atoms with E-state index in [9.17, 15) is 4.39 Å². The van der Waals surface area contributed by atoms with E-state index in [1.807, 2.05) is 6.07 Å². The van der Waals surface area contributed by atoms with Crippen LogP contribution in [0.4, 0.5) is 10.1 Å². The van der Waals surface area contributed by atoms with E-state index in [0.29, 0.717) is 16.4 Å². The summed E-state index contributed by atoms with van der Waals surface area (Å²) in [7, 11) is 0. The summed E-state index contributed by atoms with van der Waals surface area (Å²) < 4.78 is 13.6. The Morgan fingerprint density at radius 1 is 1.29 bits per heavy atom. The van der Waals surface area contributed by atoms with E-state index in [1.165, 1.54) is 6.07 Å². The minimum Gasteiger partial charge on any atom is -0.382 e. The summed E-state index contributed by atoms with van der Waals surface area (Å²) in [5, 5.41) is 3.25. The molecule has 0 aromatic heterocycles. The molecule has 0 radical (unpaired) electrons. The molecule has 0 amide bonds. The summed E-state index contributed by atoms with van der Waals surface area (Å²) in [4.78, 5) is 0. The molecule has 1 N–H and O–H groups in total. The van der Waals surface area contributed by atoms with Gasteiger partial charge in [-0.05, 0) is 47.0 Å². The van der Waals surface area contributed by atoms with Gasteiger partial charge in [-0.25, -0.2) is 4.39 Å². The van der Waals surface area contributed by atoms with Crippen LogP contribution in [-0.4, -0.2) is 6.04 Å². The predicted octanol–water partition coefficient (Wildman–Crippen LogP) is 4.04. The number of hydrogen-bond donors (Lipinski definition) is 1. The Balaban J connectivity index is 2.73. The average Bonchev–Trinajstić information content (AvgIpc) is 2.11. The molecule has 0 heterocycles. The lowest BCUT2D eigenvalue weighted by Crippen LogP contribution is -2.21. The average molecular weight is 260 g/mol. The van der Waals surface area contributed by atoms with Gasteiger partial charge in [0.1, 0.15) is 5.82 Å². The monoisotopic (exact) mass is 259 g/mol. The van der Waals surface area contributed by atoms with Gasteiger partial charge in [0.2, 0.25) is 0 Å². The Morgan fingerprint density at radius 3 is 2.43 bits per heavy atom. The SMILES string of the molecule is CC(C)C(C)Nc1ccc(Br)c(F)c1.